The monoisotopic (exact) mass is 424 g/mol. The van der Waals surface area contributed by atoms with E-state index in [1.54, 1.807) is 38.5 Å². The Kier molecular flexibility index (Phi) is 4.98. The number of ether oxygens (including phenoxy) is 2. The van der Waals surface area contributed by atoms with E-state index in [0.717, 1.165) is 28.0 Å². The highest BCUT2D eigenvalue weighted by atomic mass is 16.5. The molecule has 0 saturated heterocycles. The van der Waals surface area contributed by atoms with Gasteiger partial charge in [0.15, 0.2) is 11.5 Å². The number of aliphatic imine (C=N–C) groups is 1. The van der Waals surface area contributed by atoms with Crippen LogP contribution in [-0.2, 0) is 13.0 Å². The normalized spacial score (nSPS) is 14.7. The highest BCUT2D eigenvalue weighted by molar-refractivity contribution is 6.21. The van der Waals surface area contributed by atoms with Crippen molar-refractivity contribution in [1.82, 2.24) is 4.90 Å². The van der Waals surface area contributed by atoms with Gasteiger partial charge in [0, 0.05) is 17.5 Å². The van der Waals surface area contributed by atoms with Gasteiger partial charge in [-0.1, -0.05) is 36.4 Å². The Labute approximate surface area is 186 Å². The van der Waals surface area contributed by atoms with Gasteiger partial charge in [-0.05, 0) is 35.4 Å². The lowest BCUT2D eigenvalue weighted by Gasteiger charge is -2.20. The zero-order valence-corrected chi connectivity index (χ0v) is 17.7. The first-order valence-electron chi connectivity index (χ1n) is 10.2. The molecule has 2 radical (unpaired) electrons. The number of methoxy groups -OCH3 is 2. The number of fused-ring (bicyclic) bond motifs is 2. The van der Waals surface area contributed by atoms with Crippen LogP contribution in [0.3, 0.4) is 0 Å². The molecule has 158 valence electrons. The molecule has 0 bridgehead atoms. The first-order valence-corrected chi connectivity index (χ1v) is 10.2. The molecule has 2 heterocycles. The van der Waals surface area contributed by atoms with Crippen molar-refractivity contribution in [2.45, 2.75) is 13.0 Å². The van der Waals surface area contributed by atoms with Crippen molar-refractivity contribution in [3.05, 3.63) is 101 Å². The third-order valence-corrected chi connectivity index (χ3v) is 5.77. The lowest BCUT2D eigenvalue weighted by molar-refractivity contribution is 0.0642. The van der Waals surface area contributed by atoms with Gasteiger partial charge in [0.05, 0.1) is 37.6 Å². The lowest BCUT2D eigenvalue weighted by Crippen LogP contribution is -2.29. The SMILES string of the molecule is COc1cc2c(cc1OC)C(c1ccc(CN3C(=O)c4ccccc4C3=O)cc1)=N[C]C2. The average molecular weight is 424 g/mol. The second-order valence-electron chi connectivity index (χ2n) is 7.60. The van der Waals surface area contributed by atoms with Gasteiger partial charge in [-0.2, -0.15) is 0 Å². The molecule has 2 aliphatic heterocycles. The van der Waals surface area contributed by atoms with Crippen molar-refractivity contribution in [2.24, 2.45) is 4.99 Å². The topological polar surface area (TPSA) is 68.2 Å². The molecule has 0 atom stereocenters. The standard InChI is InChI=1S/C26H20N2O4/c1-31-22-13-18-11-12-27-24(21(18)14-23(22)32-2)17-9-7-16(8-10-17)15-28-25(29)19-5-3-4-6-20(19)26(28)30/h3-10,13-14H,11,15H2,1-2H3. The number of rotatable bonds is 5. The van der Waals surface area contributed by atoms with Crippen LogP contribution in [0.25, 0.3) is 0 Å². The Morgan fingerprint density at radius 2 is 1.50 bits per heavy atom. The van der Waals surface area contributed by atoms with Crippen LogP contribution in [0.5, 0.6) is 11.5 Å². The lowest BCUT2D eigenvalue weighted by atomic mass is 9.92. The fourth-order valence-corrected chi connectivity index (χ4v) is 4.11. The number of benzene rings is 3. The molecule has 0 unspecified atom stereocenters. The minimum absolute atomic E-state index is 0.221. The minimum atomic E-state index is -0.259. The quantitative estimate of drug-likeness (QED) is 0.582. The molecular weight excluding hydrogens is 404 g/mol. The molecule has 0 spiro atoms. The molecule has 6 heteroatoms. The van der Waals surface area contributed by atoms with Crippen molar-refractivity contribution in [3.8, 4) is 11.5 Å². The van der Waals surface area contributed by atoms with E-state index < -0.39 is 0 Å². The van der Waals surface area contributed by atoms with Crippen LogP contribution in [0.15, 0.2) is 65.7 Å². The summed E-state index contributed by atoms with van der Waals surface area (Å²) in [5, 5.41) is 0. The van der Waals surface area contributed by atoms with Crippen LogP contribution in [-0.4, -0.2) is 36.6 Å². The molecule has 3 aromatic carbocycles. The zero-order valence-electron chi connectivity index (χ0n) is 17.7. The third-order valence-electron chi connectivity index (χ3n) is 5.77. The van der Waals surface area contributed by atoms with Crippen molar-refractivity contribution in [3.63, 3.8) is 0 Å². The van der Waals surface area contributed by atoms with Gasteiger partial charge in [0.1, 0.15) is 6.54 Å². The van der Waals surface area contributed by atoms with Crippen LogP contribution in [0.4, 0.5) is 0 Å². The van der Waals surface area contributed by atoms with Crippen LogP contribution in [0.2, 0.25) is 0 Å². The average Bonchev–Trinajstić information content (AvgIpc) is 3.08. The van der Waals surface area contributed by atoms with Gasteiger partial charge in [-0.25, -0.2) is 0 Å². The molecule has 0 aliphatic carbocycles. The molecule has 0 fully saturated rings. The maximum Gasteiger partial charge on any atom is 0.261 e. The number of carbonyl (C=O) groups excluding carboxylic acids is 2. The first kappa shape index (κ1) is 20.0. The molecule has 5 rings (SSSR count). The summed E-state index contributed by atoms with van der Waals surface area (Å²) in [5.74, 6) is 0.796. The molecule has 3 aromatic rings. The van der Waals surface area contributed by atoms with Gasteiger partial charge in [0.25, 0.3) is 11.8 Å². The molecule has 0 saturated carbocycles. The summed E-state index contributed by atoms with van der Waals surface area (Å²) in [4.78, 5) is 31.1. The Hall–Kier alpha value is -3.93. The van der Waals surface area contributed by atoms with E-state index in [-0.39, 0.29) is 18.4 Å². The summed E-state index contributed by atoms with van der Waals surface area (Å²) >= 11 is 0. The predicted octanol–water partition coefficient (Wildman–Crippen LogP) is 3.93. The molecule has 32 heavy (non-hydrogen) atoms. The number of hydrogen-bond acceptors (Lipinski definition) is 5. The largest absolute Gasteiger partial charge is 0.493 e. The first-order chi connectivity index (χ1) is 15.6. The summed E-state index contributed by atoms with van der Waals surface area (Å²) in [7, 11) is 3.22. The number of nitrogens with zero attached hydrogens (tertiary/aromatic N) is 2. The number of imide groups is 1. The second kappa shape index (κ2) is 7.96. The van der Waals surface area contributed by atoms with E-state index in [0.29, 0.717) is 29.0 Å². The van der Waals surface area contributed by atoms with Crippen molar-refractivity contribution in [1.29, 1.82) is 0 Å². The van der Waals surface area contributed by atoms with Gasteiger partial charge in [0.2, 0.25) is 0 Å². The molecule has 0 aromatic heterocycles. The summed E-state index contributed by atoms with van der Waals surface area (Å²) in [6.07, 6.45) is 0.594. The summed E-state index contributed by atoms with van der Waals surface area (Å²) in [6.45, 7) is 3.29. The third kappa shape index (κ3) is 3.24. The Morgan fingerprint density at radius 3 is 2.12 bits per heavy atom. The van der Waals surface area contributed by atoms with Gasteiger partial charge in [-0.15, -0.1) is 0 Å². The number of carbonyl (C=O) groups is 2. The highest BCUT2D eigenvalue weighted by Gasteiger charge is 2.35. The molecule has 2 aliphatic rings. The molecule has 2 amide bonds. The fraction of sp³-hybridized carbons (Fsp3) is 0.154. The number of amides is 2. The predicted molar refractivity (Wildman–Crippen MR) is 119 cm³/mol. The van der Waals surface area contributed by atoms with Crippen LogP contribution in [0, 0.1) is 6.54 Å². The van der Waals surface area contributed by atoms with E-state index >= 15 is 0 Å². The van der Waals surface area contributed by atoms with Crippen molar-refractivity contribution < 1.29 is 19.1 Å². The molecular formula is C26H20N2O4. The molecule has 0 N–H and O–H groups in total. The van der Waals surface area contributed by atoms with Gasteiger partial charge in [-0.3, -0.25) is 19.5 Å². The smallest absolute Gasteiger partial charge is 0.261 e. The van der Waals surface area contributed by atoms with Crippen molar-refractivity contribution >= 4 is 17.5 Å². The van der Waals surface area contributed by atoms with E-state index in [9.17, 15) is 9.59 Å². The Morgan fingerprint density at radius 1 is 0.875 bits per heavy atom. The fourth-order valence-electron chi connectivity index (χ4n) is 4.11. The number of hydrogen-bond donors (Lipinski definition) is 0. The second-order valence-corrected chi connectivity index (χ2v) is 7.60. The van der Waals surface area contributed by atoms with Crippen LogP contribution in [0.1, 0.15) is 43.0 Å². The van der Waals surface area contributed by atoms with Crippen LogP contribution < -0.4 is 9.47 Å². The maximum absolute atomic E-state index is 12.6. The maximum atomic E-state index is 12.6. The van der Waals surface area contributed by atoms with E-state index in [1.807, 2.05) is 36.4 Å². The van der Waals surface area contributed by atoms with E-state index in [1.165, 1.54) is 4.90 Å². The summed E-state index contributed by atoms with van der Waals surface area (Å²) in [6, 6.07) is 18.5. The van der Waals surface area contributed by atoms with Gasteiger partial charge >= 0.3 is 0 Å². The Balaban J connectivity index is 1.40. The van der Waals surface area contributed by atoms with Crippen LogP contribution >= 0.6 is 0 Å². The van der Waals surface area contributed by atoms with Gasteiger partial charge < -0.3 is 9.47 Å². The summed E-state index contributed by atoms with van der Waals surface area (Å²) < 4.78 is 10.9. The van der Waals surface area contributed by atoms with E-state index in [2.05, 4.69) is 11.5 Å². The van der Waals surface area contributed by atoms with Crippen molar-refractivity contribution in [2.75, 3.05) is 14.2 Å². The highest BCUT2D eigenvalue weighted by Crippen LogP contribution is 2.34. The summed E-state index contributed by atoms with van der Waals surface area (Å²) in [5.41, 5.74) is 5.50. The van der Waals surface area contributed by atoms with E-state index in [4.69, 9.17) is 9.47 Å². The zero-order chi connectivity index (χ0) is 22.2. The minimum Gasteiger partial charge on any atom is -0.493 e. The molecule has 6 nitrogen and oxygen atoms in total. The Bertz CT molecular complexity index is 1230.